The van der Waals surface area contributed by atoms with E-state index < -0.39 is 0 Å². The summed E-state index contributed by atoms with van der Waals surface area (Å²) in [7, 11) is 1.83. The highest BCUT2D eigenvalue weighted by Crippen LogP contribution is 2.33. The van der Waals surface area contributed by atoms with Gasteiger partial charge in [-0.05, 0) is 18.6 Å². The van der Waals surface area contributed by atoms with E-state index in [-0.39, 0.29) is 29.5 Å². The molecule has 0 aromatic carbocycles. The van der Waals surface area contributed by atoms with Crippen molar-refractivity contribution < 1.29 is 9.26 Å². The number of halogens is 1. The van der Waals surface area contributed by atoms with Crippen molar-refractivity contribution in [2.24, 2.45) is 4.99 Å². The summed E-state index contributed by atoms with van der Waals surface area (Å²) in [6.45, 7) is 9.53. The molecule has 0 bridgehead atoms. The van der Waals surface area contributed by atoms with Crippen LogP contribution in [0.2, 0.25) is 0 Å². The minimum atomic E-state index is 0. The molecule has 0 saturated carbocycles. The third-order valence-corrected chi connectivity index (χ3v) is 6.85. The van der Waals surface area contributed by atoms with Crippen LogP contribution in [-0.2, 0) is 24.1 Å². The quantitative estimate of drug-likeness (QED) is 0.323. The van der Waals surface area contributed by atoms with E-state index in [9.17, 15) is 0 Å². The van der Waals surface area contributed by atoms with E-state index in [0.29, 0.717) is 6.54 Å². The maximum Gasteiger partial charge on any atom is 0.191 e. The molecule has 0 spiro atoms. The maximum atomic E-state index is 5.55. The van der Waals surface area contributed by atoms with Gasteiger partial charge in [0.2, 0.25) is 0 Å². The van der Waals surface area contributed by atoms with Gasteiger partial charge >= 0.3 is 0 Å². The summed E-state index contributed by atoms with van der Waals surface area (Å²) in [5.41, 5.74) is 2.40. The lowest BCUT2D eigenvalue weighted by Gasteiger charge is -2.43. The number of nitrogens with one attached hydrogen (secondary N) is 2. The number of nitrogens with zero attached hydrogens (tertiary/aromatic N) is 3. The van der Waals surface area contributed by atoms with Crippen molar-refractivity contribution in [1.82, 2.24) is 20.7 Å². The summed E-state index contributed by atoms with van der Waals surface area (Å²) in [6, 6.07) is 0. The Kier molecular flexibility index (Phi) is 9.85. The molecule has 0 radical (unpaired) electrons. The second-order valence-electron chi connectivity index (χ2n) is 7.14. The van der Waals surface area contributed by atoms with Gasteiger partial charge < -0.3 is 19.9 Å². The Morgan fingerprint density at radius 3 is 2.64 bits per heavy atom. The van der Waals surface area contributed by atoms with Crippen molar-refractivity contribution in [1.29, 1.82) is 0 Å². The van der Waals surface area contributed by atoms with Crippen molar-refractivity contribution >= 4 is 41.7 Å². The van der Waals surface area contributed by atoms with Crippen molar-refractivity contribution in [3.05, 3.63) is 17.0 Å². The first-order valence-electron chi connectivity index (χ1n) is 10.0. The minimum absolute atomic E-state index is 0. The highest BCUT2D eigenvalue weighted by Gasteiger charge is 2.40. The number of guanidine groups is 1. The second-order valence-corrected chi connectivity index (χ2v) is 8.25. The topological polar surface area (TPSA) is 74.9 Å². The number of morpholine rings is 1. The Morgan fingerprint density at radius 1 is 1.25 bits per heavy atom. The zero-order valence-corrected chi connectivity index (χ0v) is 20.4. The normalized spacial score (nSPS) is 23.5. The fourth-order valence-corrected chi connectivity index (χ4v) is 5.39. The minimum Gasteiger partial charge on any atom is -0.379 e. The molecule has 0 amide bonds. The lowest BCUT2D eigenvalue weighted by Crippen LogP contribution is -2.60. The first-order valence-corrected chi connectivity index (χ1v) is 11.2. The van der Waals surface area contributed by atoms with E-state index in [2.05, 4.69) is 51.3 Å². The van der Waals surface area contributed by atoms with Crippen LogP contribution in [0.4, 0.5) is 0 Å². The molecule has 1 aromatic rings. The summed E-state index contributed by atoms with van der Waals surface area (Å²) in [4.78, 5) is 7.04. The van der Waals surface area contributed by atoms with Gasteiger partial charge in [0.05, 0.1) is 18.9 Å². The number of hydrogen-bond acceptors (Lipinski definition) is 6. The molecule has 1 aromatic heterocycles. The third kappa shape index (κ3) is 5.54. The van der Waals surface area contributed by atoms with Crippen LogP contribution in [0.1, 0.15) is 37.3 Å². The zero-order valence-electron chi connectivity index (χ0n) is 17.3. The van der Waals surface area contributed by atoms with Crippen molar-refractivity contribution in [2.45, 2.75) is 45.2 Å². The molecule has 9 heteroatoms. The molecule has 1 unspecified atom stereocenters. The number of hydrogen-bond donors (Lipinski definition) is 2. The fraction of sp³-hybridized carbons (Fsp3) is 0.789. The van der Waals surface area contributed by atoms with E-state index in [0.717, 1.165) is 63.1 Å². The summed E-state index contributed by atoms with van der Waals surface area (Å²) < 4.78 is 11.0. The average molecular weight is 523 g/mol. The number of thioether (sulfide) groups is 1. The smallest absolute Gasteiger partial charge is 0.191 e. The van der Waals surface area contributed by atoms with Gasteiger partial charge in [0.15, 0.2) is 5.96 Å². The summed E-state index contributed by atoms with van der Waals surface area (Å²) >= 11 is 2.05. The first kappa shape index (κ1) is 23.8. The number of rotatable bonds is 7. The van der Waals surface area contributed by atoms with Gasteiger partial charge in [0.25, 0.3) is 0 Å². The van der Waals surface area contributed by atoms with Crippen LogP contribution in [-0.4, -0.2) is 73.0 Å². The average Bonchev–Trinajstić information content (AvgIpc) is 3.36. The first-order chi connectivity index (χ1) is 13.2. The Hall–Kier alpha value is -0.520. The fourth-order valence-electron chi connectivity index (χ4n) is 3.91. The molecule has 0 aliphatic carbocycles. The Morgan fingerprint density at radius 2 is 2.04 bits per heavy atom. The van der Waals surface area contributed by atoms with Crippen LogP contribution in [0, 0.1) is 0 Å². The zero-order chi connectivity index (χ0) is 19.1. The monoisotopic (exact) mass is 523 g/mol. The summed E-state index contributed by atoms with van der Waals surface area (Å²) in [5, 5.41) is 11.2. The molecule has 1 atom stereocenters. The van der Waals surface area contributed by atoms with Crippen LogP contribution >= 0.6 is 35.7 Å². The largest absolute Gasteiger partial charge is 0.379 e. The summed E-state index contributed by atoms with van der Waals surface area (Å²) in [5.74, 6) is 4.20. The van der Waals surface area contributed by atoms with Gasteiger partial charge in [-0.1, -0.05) is 19.0 Å². The van der Waals surface area contributed by atoms with Crippen LogP contribution in [0.25, 0.3) is 0 Å². The van der Waals surface area contributed by atoms with Gasteiger partial charge in [0, 0.05) is 56.5 Å². The number of aryl methyl sites for hydroxylation is 2. The van der Waals surface area contributed by atoms with Gasteiger partial charge in [-0.15, -0.1) is 24.0 Å². The van der Waals surface area contributed by atoms with Gasteiger partial charge in [-0.3, -0.25) is 9.89 Å². The standard InChI is InChI=1S/C19H33N5O2S.HI/c1-4-16-15(17(5-2)26-23-16)12-21-18(20-3)22-13-19(6-11-27-14-19)24-7-9-25-10-8-24;/h4-14H2,1-3H3,(H2,20,21,22);1H. The molecule has 3 rings (SSSR count). The van der Waals surface area contributed by atoms with Gasteiger partial charge in [-0.25, -0.2) is 0 Å². The van der Waals surface area contributed by atoms with E-state index >= 15 is 0 Å². The van der Waals surface area contributed by atoms with Crippen molar-refractivity contribution in [3.8, 4) is 0 Å². The van der Waals surface area contributed by atoms with Crippen LogP contribution in [0.15, 0.2) is 9.52 Å². The highest BCUT2D eigenvalue weighted by molar-refractivity contribution is 14.0. The van der Waals surface area contributed by atoms with Crippen LogP contribution < -0.4 is 10.6 Å². The SMILES string of the molecule is CCc1noc(CC)c1CNC(=NC)NCC1(N2CCOCC2)CCSC1.I. The molecular weight excluding hydrogens is 489 g/mol. The molecule has 2 N–H and O–H groups in total. The van der Waals surface area contributed by atoms with Crippen LogP contribution in [0.3, 0.4) is 0 Å². The van der Waals surface area contributed by atoms with Gasteiger partial charge in [-0.2, -0.15) is 11.8 Å². The number of ether oxygens (including phenoxy) is 1. The molecular formula is C19H34IN5O2S. The Balaban J connectivity index is 0.00000280. The van der Waals surface area contributed by atoms with Crippen molar-refractivity contribution in [2.75, 3.05) is 51.4 Å². The van der Waals surface area contributed by atoms with Gasteiger partial charge in [0.1, 0.15) is 5.76 Å². The van der Waals surface area contributed by atoms with E-state index in [1.54, 1.807) is 0 Å². The number of aliphatic imine (C=N–C) groups is 1. The Bertz CT molecular complexity index is 606. The molecule has 160 valence electrons. The predicted molar refractivity (Wildman–Crippen MR) is 126 cm³/mol. The summed E-state index contributed by atoms with van der Waals surface area (Å²) in [6.07, 6.45) is 2.95. The molecule has 2 aliphatic heterocycles. The lowest BCUT2D eigenvalue weighted by molar-refractivity contribution is -0.0120. The predicted octanol–water partition coefficient (Wildman–Crippen LogP) is 2.29. The molecule has 2 aliphatic rings. The van der Waals surface area contributed by atoms with Crippen LogP contribution in [0.5, 0.6) is 0 Å². The molecule has 28 heavy (non-hydrogen) atoms. The third-order valence-electron chi connectivity index (χ3n) is 5.61. The van der Waals surface area contributed by atoms with E-state index in [1.165, 1.54) is 23.5 Å². The molecule has 7 nitrogen and oxygen atoms in total. The molecule has 3 heterocycles. The number of aromatic nitrogens is 1. The molecule has 2 saturated heterocycles. The maximum absolute atomic E-state index is 5.55. The Labute approximate surface area is 189 Å². The second kappa shape index (κ2) is 11.6. The van der Waals surface area contributed by atoms with E-state index in [1.807, 2.05) is 7.05 Å². The highest BCUT2D eigenvalue weighted by atomic mass is 127. The lowest BCUT2D eigenvalue weighted by atomic mass is 9.95. The van der Waals surface area contributed by atoms with E-state index in [4.69, 9.17) is 9.26 Å². The van der Waals surface area contributed by atoms with Crippen molar-refractivity contribution in [3.63, 3.8) is 0 Å². The molecule has 2 fully saturated rings.